The smallest absolute Gasteiger partial charge is 0.0702 e. The predicted octanol–water partition coefficient (Wildman–Crippen LogP) is 2.48. The molecule has 0 saturated heterocycles. The summed E-state index contributed by atoms with van der Waals surface area (Å²) in [5.74, 6) is 0.760. The highest BCUT2D eigenvalue weighted by atomic mass is 32.2. The van der Waals surface area contributed by atoms with Crippen molar-refractivity contribution in [2.24, 2.45) is 0 Å². The molecule has 1 aromatic heterocycles. The van der Waals surface area contributed by atoms with Gasteiger partial charge in [0, 0.05) is 47.0 Å². The summed E-state index contributed by atoms with van der Waals surface area (Å²) >= 11 is 0. The second-order valence-corrected chi connectivity index (χ2v) is 6.43. The van der Waals surface area contributed by atoms with Crippen molar-refractivity contribution in [1.29, 1.82) is 0 Å². The molecule has 19 heavy (non-hydrogen) atoms. The number of nitrogens with one attached hydrogen (secondary N) is 1. The van der Waals surface area contributed by atoms with Gasteiger partial charge < -0.3 is 5.32 Å². The van der Waals surface area contributed by atoms with E-state index in [1.807, 2.05) is 12.3 Å². The van der Waals surface area contributed by atoms with Gasteiger partial charge >= 0.3 is 0 Å². The van der Waals surface area contributed by atoms with Gasteiger partial charge in [0.25, 0.3) is 0 Å². The summed E-state index contributed by atoms with van der Waals surface area (Å²) in [6.45, 7) is 2.97. The summed E-state index contributed by atoms with van der Waals surface area (Å²) in [6.07, 6.45) is 4.51. The van der Waals surface area contributed by atoms with Crippen LogP contribution >= 0.6 is 0 Å². The van der Waals surface area contributed by atoms with Crippen LogP contribution in [0.15, 0.2) is 36.5 Å². The van der Waals surface area contributed by atoms with Gasteiger partial charge in [-0.1, -0.05) is 12.1 Å². The molecule has 2 atom stereocenters. The maximum atomic E-state index is 11.0. The molecule has 0 aliphatic heterocycles. The maximum Gasteiger partial charge on any atom is 0.0702 e. The SMILES string of the molecule is CC(CCS(C)=O)NCc1ccc2ncccc2c1. The lowest BCUT2D eigenvalue weighted by atomic mass is 10.1. The largest absolute Gasteiger partial charge is 0.310 e. The summed E-state index contributed by atoms with van der Waals surface area (Å²) in [4.78, 5) is 4.31. The van der Waals surface area contributed by atoms with Crippen molar-refractivity contribution in [1.82, 2.24) is 10.3 Å². The fourth-order valence-electron chi connectivity index (χ4n) is 1.97. The first-order chi connectivity index (χ1) is 9.15. The van der Waals surface area contributed by atoms with Crippen LogP contribution in [0.3, 0.4) is 0 Å². The second kappa shape index (κ2) is 6.78. The summed E-state index contributed by atoms with van der Waals surface area (Å²) in [5.41, 5.74) is 2.28. The van der Waals surface area contributed by atoms with Gasteiger partial charge in [-0.25, -0.2) is 0 Å². The van der Waals surface area contributed by atoms with Gasteiger partial charge in [-0.3, -0.25) is 9.19 Å². The van der Waals surface area contributed by atoms with Crippen molar-refractivity contribution in [2.45, 2.75) is 25.9 Å². The fourth-order valence-corrected chi connectivity index (χ4v) is 2.66. The minimum atomic E-state index is -0.701. The van der Waals surface area contributed by atoms with Crippen LogP contribution < -0.4 is 5.32 Å². The molecule has 0 radical (unpaired) electrons. The summed E-state index contributed by atoms with van der Waals surface area (Å²) in [7, 11) is -0.701. The van der Waals surface area contributed by atoms with Gasteiger partial charge in [-0.15, -0.1) is 0 Å². The quantitative estimate of drug-likeness (QED) is 0.881. The van der Waals surface area contributed by atoms with Crippen molar-refractivity contribution in [3.8, 4) is 0 Å². The molecule has 2 unspecified atom stereocenters. The third kappa shape index (κ3) is 4.40. The Morgan fingerprint density at radius 3 is 3.00 bits per heavy atom. The monoisotopic (exact) mass is 276 g/mol. The van der Waals surface area contributed by atoms with E-state index in [0.717, 1.165) is 24.2 Å². The highest BCUT2D eigenvalue weighted by Gasteiger charge is 2.03. The van der Waals surface area contributed by atoms with E-state index in [0.29, 0.717) is 6.04 Å². The first kappa shape index (κ1) is 14.2. The van der Waals surface area contributed by atoms with E-state index in [9.17, 15) is 4.21 Å². The molecule has 3 nitrogen and oxygen atoms in total. The van der Waals surface area contributed by atoms with Crippen molar-refractivity contribution in [2.75, 3.05) is 12.0 Å². The van der Waals surface area contributed by atoms with Crippen LogP contribution in [-0.2, 0) is 17.3 Å². The lowest BCUT2D eigenvalue weighted by Gasteiger charge is -2.13. The fraction of sp³-hybridized carbons (Fsp3) is 0.400. The van der Waals surface area contributed by atoms with Crippen molar-refractivity contribution in [3.05, 3.63) is 42.1 Å². The summed E-state index contributed by atoms with van der Waals surface area (Å²) < 4.78 is 11.0. The molecule has 0 aliphatic rings. The van der Waals surface area contributed by atoms with E-state index in [4.69, 9.17) is 0 Å². The highest BCUT2D eigenvalue weighted by Crippen LogP contribution is 2.13. The molecule has 4 heteroatoms. The average Bonchev–Trinajstić information content (AvgIpc) is 2.42. The second-order valence-electron chi connectivity index (χ2n) is 4.88. The number of fused-ring (bicyclic) bond motifs is 1. The molecular formula is C15H20N2OS. The van der Waals surface area contributed by atoms with Crippen LogP contribution in [0, 0.1) is 0 Å². The van der Waals surface area contributed by atoms with Gasteiger partial charge in [0.2, 0.25) is 0 Å². The molecule has 0 saturated carbocycles. The Labute approximate surface area is 116 Å². The first-order valence-electron chi connectivity index (χ1n) is 6.52. The zero-order valence-electron chi connectivity index (χ0n) is 11.4. The molecule has 1 N–H and O–H groups in total. The number of nitrogens with zero attached hydrogens (tertiary/aromatic N) is 1. The maximum absolute atomic E-state index is 11.0. The molecule has 1 heterocycles. The van der Waals surface area contributed by atoms with Crippen LogP contribution in [0.5, 0.6) is 0 Å². The number of benzene rings is 1. The molecule has 0 spiro atoms. The minimum Gasteiger partial charge on any atom is -0.310 e. The van der Waals surface area contributed by atoms with Crippen LogP contribution in [0.2, 0.25) is 0 Å². The molecular weight excluding hydrogens is 256 g/mol. The van der Waals surface area contributed by atoms with Crippen molar-refractivity contribution >= 4 is 21.7 Å². The van der Waals surface area contributed by atoms with Crippen molar-refractivity contribution < 1.29 is 4.21 Å². The molecule has 0 fully saturated rings. The Morgan fingerprint density at radius 1 is 1.37 bits per heavy atom. The predicted molar refractivity (Wildman–Crippen MR) is 81.6 cm³/mol. The molecule has 1 aromatic carbocycles. The van der Waals surface area contributed by atoms with Crippen LogP contribution in [-0.4, -0.2) is 27.2 Å². The standard InChI is InChI=1S/C15H20N2OS/c1-12(7-9-19(2)18)17-11-13-5-6-15-14(10-13)4-3-8-16-15/h3-6,8,10,12,17H,7,9,11H2,1-2H3. The Bertz CT molecular complexity index is 571. The van der Waals surface area contributed by atoms with E-state index in [2.05, 4.69) is 41.5 Å². The number of pyridine rings is 1. The van der Waals surface area contributed by atoms with Crippen LogP contribution in [0.1, 0.15) is 18.9 Å². The third-order valence-electron chi connectivity index (χ3n) is 3.16. The molecule has 0 amide bonds. The molecule has 0 bridgehead atoms. The summed E-state index contributed by atoms with van der Waals surface area (Å²) in [5, 5.41) is 4.63. The summed E-state index contributed by atoms with van der Waals surface area (Å²) in [6, 6.07) is 10.7. The van der Waals surface area contributed by atoms with Crippen molar-refractivity contribution in [3.63, 3.8) is 0 Å². The highest BCUT2D eigenvalue weighted by molar-refractivity contribution is 7.84. The lowest BCUT2D eigenvalue weighted by Crippen LogP contribution is -2.26. The zero-order chi connectivity index (χ0) is 13.7. The van der Waals surface area contributed by atoms with E-state index in [1.54, 1.807) is 6.26 Å². The molecule has 102 valence electrons. The number of aromatic nitrogens is 1. The van der Waals surface area contributed by atoms with Gasteiger partial charge in [0.1, 0.15) is 0 Å². The Balaban J connectivity index is 1.92. The third-order valence-corrected chi connectivity index (χ3v) is 3.97. The van der Waals surface area contributed by atoms with E-state index >= 15 is 0 Å². The number of rotatable bonds is 6. The number of hydrogen-bond donors (Lipinski definition) is 1. The Kier molecular flexibility index (Phi) is 5.05. The van der Waals surface area contributed by atoms with Gasteiger partial charge in [-0.2, -0.15) is 0 Å². The Hall–Kier alpha value is -1.26. The minimum absolute atomic E-state index is 0.383. The zero-order valence-corrected chi connectivity index (χ0v) is 12.2. The molecule has 2 rings (SSSR count). The lowest BCUT2D eigenvalue weighted by molar-refractivity contribution is 0.535. The van der Waals surface area contributed by atoms with E-state index < -0.39 is 10.8 Å². The van der Waals surface area contributed by atoms with E-state index in [1.165, 1.54) is 10.9 Å². The van der Waals surface area contributed by atoms with Crippen LogP contribution in [0.25, 0.3) is 10.9 Å². The molecule has 2 aromatic rings. The topological polar surface area (TPSA) is 42.0 Å². The van der Waals surface area contributed by atoms with E-state index in [-0.39, 0.29) is 0 Å². The average molecular weight is 276 g/mol. The number of hydrogen-bond acceptors (Lipinski definition) is 3. The normalized spacial score (nSPS) is 14.4. The Morgan fingerprint density at radius 2 is 2.21 bits per heavy atom. The van der Waals surface area contributed by atoms with Gasteiger partial charge in [0.05, 0.1) is 5.52 Å². The molecule has 0 aliphatic carbocycles. The van der Waals surface area contributed by atoms with Gasteiger partial charge in [0.15, 0.2) is 0 Å². The van der Waals surface area contributed by atoms with Gasteiger partial charge in [-0.05, 0) is 37.1 Å². The van der Waals surface area contributed by atoms with Crippen LogP contribution in [0.4, 0.5) is 0 Å². The first-order valence-corrected chi connectivity index (χ1v) is 8.25.